The fourth-order valence-electron chi connectivity index (χ4n) is 18.5. The molecule has 26 aromatic rings. The van der Waals surface area contributed by atoms with Crippen LogP contribution in [-0.4, -0.2) is 60.9 Å². The summed E-state index contributed by atoms with van der Waals surface area (Å²) in [4.78, 5) is 29.8. The van der Waals surface area contributed by atoms with Gasteiger partial charge in [0.1, 0.15) is 12.7 Å². The van der Waals surface area contributed by atoms with Crippen LogP contribution in [0, 0.1) is 0 Å². The molecule has 0 N–H and O–H groups in total. The van der Waals surface area contributed by atoms with Crippen molar-refractivity contribution in [2.75, 3.05) is 0 Å². The minimum atomic E-state index is 0.620. The molecular weight excluding hydrogens is 1300 g/mol. The van der Waals surface area contributed by atoms with Crippen molar-refractivity contribution in [1.82, 2.24) is 60.9 Å². The molecule has 0 saturated carbocycles. The van der Waals surface area contributed by atoms with E-state index in [-0.39, 0.29) is 0 Å². The molecule has 0 aliphatic rings. The Labute approximate surface area is 590 Å². The van der Waals surface area contributed by atoms with Gasteiger partial charge < -0.3 is 4.57 Å². The van der Waals surface area contributed by atoms with Gasteiger partial charge in [-0.1, -0.05) is 145 Å². The minimum absolute atomic E-state index is 0.620. The van der Waals surface area contributed by atoms with Crippen LogP contribution in [0.1, 0.15) is 0 Å². The van der Waals surface area contributed by atoms with Crippen molar-refractivity contribution in [2.24, 2.45) is 0 Å². The molecule has 0 aliphatic heterocycles. The van der Waals surface area contributed by atoms with Crippen LogP contribution < -0.4 is 0 Å². The highest BCUT2D eigenvalue weighted by Gasteiger charge is 2.28. The van der Waals surface area contributed by atoms with Crippen molar-refractivity contribution < 1.29 is 0 Å². The number of imidazole rings is 6. The molecule has 11 heterocycles. The lowest BCUT2D eigenvalue weighted by molar-refractivity contribution is 1.06. The van der Waals surface area contributed by atoms with E-state index in [4.69, 9.17) is 26.6 Å². The summed E-state index contributed by atoms with van der Waals surface area (Å²) < 4.78 is 16.5. The Morgan fingerprint density at radius 1 is 0.250 bits per heavy atom. The monoisotopic (exact) mass is 1340 g/mol. The third kappa shape index (κ3) is 6.75. The number of fused-ring (bicyclic) bond motifs is 30. The van der Waals surface area contributed by atoms with Crippen molar-refractivity contribution in [3.05, 3.63) is 285 Å². The van der Waals surface area contributed by atoms with E-state index in [1.165, 1.54) is 32.6 Å². The second-order valence-corrected chi connectivity index (χ2v) is 28.6. The zero-order valence-corrected chi connectivity index (χ0v) is 55.5. The van der Waals surface area contributed by atoms with Gasteiger partial charge in [-0.05, 0) is 199 Å². The largest absolute Gasteiger partial charge is 0.309 e. The number of aromatic nitrogens is 13. The zero-order valence-electron chi connectivity index (χ0n) is 54.7. The number of halogens is 1. The van der Waals surface area contributed by atoms with Gasteiger partial charge in [0.25, 0.3) is 0 Å². The van der Waals surface area contributed by atoms with Crippen molar-refractivity contribution in [2.45, 2.75) is 0 Å². The van der Waals surface area contributed by atoms with Gasteiger partial charge in [0.05, 0.1) is 93.8 Å². The van der Waals surface area contributed by atoms with E-state index < -0.39 is 0 Å². The molecule has 0 unspecified atom stereocenters. The molecule has 15 aromatic carbocycles. The van der Waals surface area contributed by atoms with Crippen molar-refractivity contribution in [3.8, 4) is 50.5 Å². The first kappa shape index (κ1) is 53.9. The number of nitrogens with zero attached hydrogens (tertiary/aromatic N) is 13. The molecule has 478 valence electrons. The van der Waals surface area contributed by atoms with Crippen molar-refractivity contribution in [1.29, 1.82) is 0 Å². The molecule has 0 bridgehead atoms. The van der Waals surface area contributed by atoms with E-state index in [1.54, 1.807) is 12.7 Å². The van der Waals surface area contributed by atoms with Gasteiger partial charge in [0.15, 0.2) is 5.82 Å². The first-order valence-electron chi connectivity index (χ1n) is 35.0. The molecule has 0 amide bonds. The lowest BCUT2D eigenvalue weighted by atomic mass is 9.95. The summed E-state index contributed by atoms with van der Waals surface area (Å²) in [5.41, 5.74) is 26.8. The molecule has 0 spiro atoms. The van der Waals surface area contributed by atoms with E-state index >= 15 is 0 Å². The van der Waals surface area contributed by atoms with Crippen LogP contribution in [0.2, 0.25) is 5.02 Å². The second-order valence-electron chi connectivity index (χ2n) is 28.1. The number of para-hydroxylation sites is 4. The van der Waals surface area contributed by atoms with Gasteiger partial charge in [-0.25, -0.2) is 29.9 Å². The van der Waals surface area contributed by atoms with Gasteiger partial charge in [-0.3, -0.25) is 26.4 Å². The summed E-state index contributed by atoms with van der Waals surface area (Å²) in [5, 5.41) is 16.9. The second kappa shape index (κ2) is 18.9. The highest BCUT2D eigenvalue weighted by molar-refractivity contribution is 6.34. The minimum Gasteiger partial charge on any atom is -0.309 e. The fraction of sp³-hybridized carbons (Fsp3) is 0. The number of rotatable bonds is 5. The van der Waals surface area contributed by atoms with E-state index in [2.05, 4.69) is 307 Å². The Hall–Kier alpha value is -14.0. The van der Waals surface area contributed by atoms with Crippen LogP contribution in [0.15, 0.2) is 280 Å². The topological polar surface area (TPSA) is 109 Å². The SMILES string of the molecule is Clc1cc2c3cc4c(-c5ccc6nc7n(c6c5)c5cc(-c6ccc(-n8c9ccccc9c9ccccc98)cc6)cc6c8cc9c(-c%10ccc%11nc%12n(c%11c%10)c%10cc(-c%11ncncn%11)cc%11c%13cc%14ccccc%14cc%13n%12c%11%10)cccc9cc8n7c65)cccc4cc3n3c2c(c1)n1c2ccccc2nc13. The average Bonchev–Trinajstić information content (AvgIpc) is 1.53. The smallest absolute Gasteiger partial charge is 0.220 e. The normalized spacial score (nSPS) is 12.9. The number of hydrogen-bond acceptors (Lipinski definition) is 6. The lowest BCUT2D eigenvalue weighted by Gasteiger charge is -2.11. The molecule has 0 atom stereocenters. The predicted octanol–water partition coefficient (Wildman–Crippen LogP) is 22.1. The molecule has 26 rings (SSSR count). The summed E-state index contributed by atoms with van der Waals surface area (Å²) >= 11 is 7.07. The maximum Gasteiger partial charge on any atom is 0.220 e. The summed E-state index contributed by atoms with van der Waals surface area (Å²) in [7, 11) is 0. The number of hydrogen-bond donors (Lipinski definition) is 0. The molecular formula is C90H46ClN13. The molecule has 104 heavy (non-hydrogen) atoms. The van der Waals surface area contributed by atoms with Gasteiger partial charge in [0, 0.05) is 59.4 Å². The molecule has 0 aliphatic carbocycles. The van der Waals surface area contributed by atoms with Crippen molar-refractivity contribution in [3.63, 3.8) is 0 Å². The Kier molecular flexibility index (Phi) is 9.79. The lowest BCUT2D eigenvalue weighted by Crippen LogP contribution is -1.93. The molecule has 13 nitrogen and oxygen atoms in total. The first-order valence-corrected chi connectivity index (χ1v) is 35.4. The van der Waals surface area contributed by atoms with Crippen LogP contribution in [0.25, 0.3) is 237 Å². The maximum absolute atomic E-state index is 7.07. The highest BCUT2D eigenvalue weighted by atomic mass is 35.5. The maximum atomic E-state index is 7.07. The van der Waals surface area contributed by atoms with Crippen LogP contribution >= 0.6 is 11.6 Å². The standard InChI is InChI=1S/C90H46ClN13/c91-56-41-69-66-44-63-51(36-78(66)104-86(69)83(42-56)99-75-22-8-5-19-70(75)95-88(99)104)14-10-18-59(63)52-25-29-71-79(37-52)100-81-39-54(47-23-27-57(28-24-47)98-73-20-6-3-15-60(73)61-16-4-7-21-74(61)98)32-67-65-43-62-50(35-77(65)103(84(67)81)89(100)96-71)13-9-17-58(62)53-26-30-72-80(38-53)101-82-40-55(87-93-45-92-46-94-87)33-68-64-31-48-11-1-2-12-49(48)34-76(64)102(85(68)82)90(101)97-72/h1-46H. The summed E-state index contributed by atoms with van der Waals surface area (Å²) in [6, 6.07) is 98.0. The van der Waals surface area contributed by atoms with Crippen LogP contribution in [0.5, 0.6) is 0 Å². The molecule has 0 radical (unpaired) electrons. The predicted molar refractivity (Wildman–Crippen MR) is 424 cm³/mol. The Morgan fingerprint density at radius 2 is 0.692 bits per heavy atom. The van der Waals surface area contributed by atoms with Crippen LogP contribution in [-0.2, 0) is 0 Å². The van der Waals surface area contributed by atoms with Crippen LogP contribution in [0.4, 0.5) is 0 Å². The first-order chi connectivity index (χ1) is 51.4. The Bertz CT molecular complexity index is 8320. The van der Waals surface area contributed by atoms with Crippen molar-refractivity contribution >= 4 is 198 Å². The summed E-state index contributed by atoms with van der Waals surface area (Å²) in [5.74, 6) is 3.22. The Balaban J connectivity index is 0.685. The Morgan fingerprint density at radius 3 is 1.29 bits per heavy atom. The zero-order chi connectivity index (χ0) is 67.2. The van der Waals surface area contributed by atoms with Gasteiger partial charge in [-0.2, -0.15) is 0 Å². The number of benzene rings is 15. The average molecular weight is 1340 g/mol. The third-order valence-electron chi connectivity index (χ3n) is 22.9. The third-order valence-corrected chi connectivity index (χ3v) is 23.1. The van der Waals surface area contributed by atoms with Crippen LogP contribution in [0.3, 0.4) is 0 Å². The highest BCUT2D eigenvalue weighted by Crippen LogP contribution is 2.48. The van der Waals surface area contributed by atoms with E-state index in [1.807, 2.05) is 6.07 Å². The quantitative estimate of drug-likeness (QED) is 0.170. The van der Waals surface area contributed by atoms with E-state index in [0.717, 1.165) is 199 Å². The molecule has 14 heteroatoms. The van der Waals surface area contributed by atoms with E-state index in [0.29, 0.717) is 10.8 Å². The van der Waals surface area contributed by atoms with E-state index in [9.17, 15) is 0 Å². The molecule has 0 saturated heterocycles. The van der Waals surface area contributed by atoms with Gasteiger partial charge in [-0.15, -0.1) is 0 Å². The molecule has 11 aromatic heterocycles. The molecule has 0 fully saturated rings. The van der Waals surface area contributed by atoms with Gasteiger partial charge >= 0.3 is 0 Å². The summed E-state index contributed by atoms with van der Waals surface area (Å²) in [6.07, 6.45) is 3.14. The fourth-order valence-corrected chi connectivity index (χ4v) is 18.7. The summed E-state index contributed by atoms with van der Waals surface area (Å²) in [6.45, 7) is 0. The van der Waals surface area contributed by atoms with Gasteiger partial charge in [0.2, 0.25) is 17.3 Å².